The molecule has 1 amide bonds. The van der Waals surface area contributed by atoms with Crippen molar-refractivity contribution in [3.8, 4) is 16.9 Å². The highest BCUT2D eigenvalue weighted by Crippen LogP contribution is 2.44. The van der Waals surface area contributed by atoms with Crippen LogP contribution in [0.4, 0.5) is 4.79 Å². The Labute approximate surface area is 203 Å². The van der Waals surface area contributed by atoms with Crippen LogP contribution in [0.15, 0.2) is 91.1 Å². The van der Waals surface area contributed by atoms with Gasteiger partial charge in [-0.05, 0) is 52.1 Å². The number of phenols is 1. The first-order chi connectivity index (χ1) is 17.0. The molecule has 1 aliphatic carbocycles. The summed E-state index contributed by atoms with van der Waals surface area (Å²) in [5, 5.41) is 12.4. The van der Waals surface area contributed by atoms with Crippen LogP contribution in [0.25, 0.3) is 11.1 Å². The summed E-state index contributed by atoms with van der Waals surface area (Å²) in [6, 6.07) is 25.6. The third kappa shape index (κ3) is 4.55. The Morgan fingerprint density at radius 2 is 1.54 bits per heavy atom. The third-order valence-electron chi connectivity index (χ3n) is 6.52. The molecular weight excluding hydrogens is 440 g/mol. The van der Waals surface area contributed by atoms with Gasteiger partial charge in [0, 0.05) is 25.6 Å². The molecule has 6 heteroatoms. The highest BCUT2D eigenvalue weighted by molar-refractivity contribution is 6.00. The van der Waals surface area contributed by atoms with E-state index in [4.69, 9.17) is 4.74 Å². The third-order valence-corrected chi connectivity index (χ3v) is 6.52. The lowest BCUT2D eigenvalue weighted by atomic mass is 9.98. The van der Waals surface area contributed by atoms with Gasteiger partial charge < -0.3 is 19.7 Å². The molecule has 0 unspecified atom stereocenters. The fourth-order valence-corrected chi connectivity index (χ4v) is 4.75. The van der Waals surface area contributed by atoms with Crippen molar-refractivity contribution in [1.29, 1.82) is 0 Å². The van der Waals surface area contributed by atoms with E-state index in [1.807, 2.05) is 24.3 Å². The van der Waals surface area contributed by atoms with Crippen molar-refractivity contribution in [3.05, 3.63) is 114 Å². The number of rotatable bonds is 7. The van der Waals surface area contributed by atoms with Gasteiger partial charge in [0.05, 0.1) is 5.69 Å². The summed E-state index contributed by atoms with van der Waals surface area (Å²) in [5.74, 6) is -0.130. The number of aryl methyl sites for hydroxylation is 1. The Hall–Kier alpha value is -4.32. The van der Waals surface area contributed by atoms with Gasteiger partial charge in [-0.3, -0.25) is 4.79 Å². The Morgan fingerprint density at radius 1 is 0.914 bits per heavy atom. The summed E-state index contributed by atoms with van der Waals surface area (Å²) in [5.41, 5.74) is 5.87. The van der Waals surface area contributed by atoms with E-state index in [0.717, 1.165) is 27.8 Å². The van der Waals surface area contributed by atoms with Gasteiger partial charge in [0.25, 0.3) is 0 Å². The molecule has 0 aliphatic heterocycles. The lowest BCUT2D eigenvalue weighted by molar-refractivity contribution is 0.0911. The number of alkyl carbamates (subject to hydrolysis) is 1. The molecule has 1 heterocycles. The van der Waals surface area contributed by atoms with Crippen molar-refractivity contribution in [3.63, 3.8) is 0 Å². The smallest absolute Gasteiger partial charge is 0.407 e. The minimum Gasteiger partial charge on any atom is -0.508 e. The van der Waals surface area contributed by atoms with Crippen molar-refractivity contribution in [1.82, 2.24) is 9.88 Å². The Bertz CT molecular complexity index is 1330. The number of carbonyl (C=O) groups excluding carboxylic acids is 2. The van der Waals surface area contributed by atoms with Crippen LogP contribution in [0.5, 0.6) is 5.75 Å². The van der Waals surface area contributed by atoms with Gasteiger partial charge in [-0.2, -0.15) is 0 Å². The van der Waals surface area contributed by atoms with Gasteiger partial charge in [-0.1, -0.05) is 60.7 Å². The topological polar surface area (TPSA) is 80.6 Å². The molecule has 176 valence electrons. The van der Waals surface area contributed by atoms with Crippen molar-refractivity contribution in [2.24, 2.45) is 7.05 Å². The minimum atomic E-state index is -0.816. The van der Waals surface area contributed by atoms with Crippen molar-refractivity contribution >= 4 is 11.9 Å². The first-order valence-electron chi connectivity index (χ1n) is 11.6. The molecule has 0 fully saturated rings. The van der Waals surface area contributed by atoms with Gasteiger partial charge in [0.15, 0.2) is 0 Å². The summed E-state index contributed by atoms with van der Waals surface area (Å²) in [6.07, 6.45) is 1.42. The van der Waals surface area contributed by atoms with Gasteiger partial charge in [-0.25, -0.2) is 4.79 Å². The van der Waals surface area contributed by atoms with E-state index in [0.29, 0.717) is 5.69 Å². The average Bonchev–Trinajstić information content (AvgIpc) is 3.44. The monoisotopic (exact) mass is 466 g/mol. The number of ketones is 1. The second-order valence-electron chi connectivity index (χ2n) is 8.76. The molecule has 5 rings (SSSR count). The van der Waals surface area contributed by atoms with Gasteiger partial charge >= 0.3 is 6.09 Å². The number of amides is 1. The van der Waals surface area contributed by atoms with Gasteiger partial charge in [-0.15, -0.1) is 0 Å². The largest absolute Gasteiger partial charge is 0.508 e. The number of ether oxygens (including phenoxy) is 1. The number of hydrogen-bond donors (Lipinski definition) is 2. The Kier molecular flexibility index (Phi) is 6.10. The molecular formula is C29H26N2O4. The summed E-state index contributed by atoms with van der Waals surface area (Å²) in [4.78, 5) is 26.2. The second-order valence-corrected chi connectivity index (χ2v) is 8.76. The zero-order valence-corrected chi connectivity index (χ0v) is 19.3. The fourth-order valence-electron chi connectivity index (χ4n) is 4.75. The first-order valence-corrected chi connectivity index (χ1v) is 11.6. The minimum absolute atomic E-state index is 0.0627. The highest BCUT2D eigenvalue weighted by Gasteiger charge is 2.30. The summed E-state index contributed by atoms with van der Waals surface area (Å²) in [7, 11) is 1.79. The molecule has 1 aromatic heterocycles. The van der Waals surface area contributed by atoms with Crippen LogP contribution in [0.3, 0.4) is 0 Å². The number of Topliss-reactive ketones (excluding diaryl/α,β-unsaturated/α-hetero) is 1. The van der Waals surface area contributed by atoms with E-state index in [2.05, 4.69) is 29.6 Å². The number of nitrogens with zero attached hydrogens (tertiary/aromatic N) is 1. The number of nitrogens with one attached hydrogen (secondary N) is 1. The molecule has 0 saturated heterocycles. The molecule has 0 bridgehead atoms. The summed E-state index contributed by atoms with van der Waals surface area (Å²) in [6.45, 7) is 0.171. The maximum atomic E-state index is 13.3. The maximum absolute atomic E-state index is 13.3. The molecule has 3 aromatic carbocycles. The van der Waals surface area contributed by atoms with E-state index < -0.39 is 12.1 Å². The van der Waals surface area contributed by atoms with E-state index in [1.165, 1.54) is 0 Å². The standard InChI is InChI=1S/C29H26N2O4/c1-31-16-6-11-27(31)28(33)26(17-19-12-14-20(32)15-13-19)30-29(34)35-18-25-23-9-4-2-7-21(23)22-8-3-5-10-24(22)25/h2-16,25-26,32H,17-18H2,1H3,(H,30,34)/t26-/m0/s1. The molecule has 35 heavy (non-hydrogen) atoms. The van der Waals surface area contributed by atoms with Gasteiger partial charge in [0.1, 0.15) is 18.4 Å². The molecule has 2 N–H and O–H groups in total. The van der Waals surface area contributed by atoms with Crippen molar-refractivity contribution in [2.45, 2.75) is 18.4 Å². The first kappa shape index (κ1) is 22.5. The number of aromatic nitrogens is 1. The molecule has 1 aliphatic rings. The summed E-state index contributed by atoms with van der Waals surface area (Å²) < 4.78 is 7.40. The maximum Gasteiger partial charge on any atom is 0.407 e. The van der Waals surface area contributed by atoms with Crippen molar-refractivity contribution in [2.75, 3.05) is 6.61 Å². The normalized spacial score (nSPS) is 13.1. The average molecular weight is 467 g/mol. The summed E-state index contributed by atoms with van der Waals surface area (Å²) >= 11 is 0. The molecule has 1 atom stereocenters. The van der Waals surface area contributed by atoms with Crippen LogP contribution in [-0.2, 0) is 18.2 Å². The molecule has 0 saturated carbocycles. The quantitative estimate of drug-likeness (QED) is 0.373. The van der Waals surface area contributed by atoms with E-state index in [9.17, 15) is 14.7 Å². The SMILES string of the molecule is Cn1cccc1C(=O)[C@H](Cc1ccc(O)cc1)NC(=O)OCC1c2ccccc2-c2ccccc21. The van der Waals surface area contributed by atoms with Crippen LogP contribution >= 0.6 is 0 Å². The van der Waals surface area contributed by atoms with E-state index in [-0.39, 0.29) is 30.5 Å². The predicted molar refractivity (Wildman–Crippen MR) is 134 cm³/mol. The van der Waals surface area contributed by atoms with Crippen LogP contribution in [0, 0.1) is 0 Å². The number of hydrogen-bond acceptors (Lipinski definition) is 4. The Balaban J connectivity index is 1.32. The van der Waals surface area contributed by atoms with Crippen LogP contribution in [0.2, 0.25) is 0 Å². The zero-order chi connectivity index (χ0) is 24.4. The predicted octanol–water partition coefficient (Wildman–Crippen LogP) is 5.06. The lowest BCUT2D eigenvalue weighted by Crippen LogP contribution is -2.43. The molecule has 4 aromatic rings. The molecule has 0 spiro atoms. The van der Waals surface area contributed by atoms with Crippen molar-refractivity contribution < 1.29 is 19.4 Å². The fraction of sp³-hybridized carbons (Fsp3) is 0.172. The van der Waals surface area contributed by atoms with E-state index in [1.54, 1.807) is 54.2 Å². The van der Waals surface area contributed by atoms with Crippen LogP contribution < -0.4 is 5.32 Å². The van der Waals surface area contributed by atoms with Crippen LogP contribution in [-0.4, -0.2) is 34.2 Å². The molecule has 6 nitrogen and oxygen atoms in total. The number of benzene rings is 3. The number of fused-ring (bicyclic) bond motifs is 3. The van der Waals surface area contributed by atoms with Crippen LogP contribution in [0.1, 0.15) is 33.1 Å². The lowest BCUT2D eigenvalue weighted by Gasteiger charge is -2.20. The number of carbonyl (C=O) groups is 2. The second kappa shape index (κ2) is 9.50. The highest BCUT2D eigenvalue weighted by atomic mass is 16.5. The Morgan fingerprint density at radius 3 is 2.14 bits per heavy atom. The van der Waals surface area contributed by atoms with E-state index >= 15 is 0 Å². The molecule has 0 radical (unpaired) electrons. The number of aromatic hydroxyl groups is 1. The zero-order valence-electron chi connectivity index (χ0n) is 19.3. The number of phenolic OH excluding ortho intramolecular Hbond substituents is 1. The van der Waals surface area contributed by atoms with Gasteiger partial charge in [0.2, 0.25) is 5.78 Å².